The first-order valence-corrected chi connectivity index (χ1v) is 8.68. The highest BCUT2D eigenvalue weighted by Gasteiger charge is 2.26. The summed E-state index contributed by atoms with van der Waals surface area (Å²) < 4.78 is 5.23. The second-order valence-corrected chi connectivity index (χ2v) is 6.56. The van der Waals surface area contributed by atoms with E-state index < -0.39 is 5.97 Å². The fourth-order valence-electron chi connectivity index (χ4n) is 3.15. The number of carboxylic acid groups (broad SMARTS) is 1. The molecule has 0 radical (unpaired) electrons. The lowest BCUT2D eigenvalue weighted by Crippen LogP contribution is -2.43. The smallest absolute Gasteiger partial charge is 0.335 e. The Labute approximate surface area is 151 Å². The van der Waals surface area contributed by atoms with Gasteiger partial charge < -0.3 is 20.3 Å². The molecule has 2 amide bonds. The predicted octanol–water partition coefficient (Wildman–Crippen LogP) is 2.60. The third-order valence-corrected chi connectivity index (χ3v) is 4.61. The quantitative estimate of drug-likeness (QED) is 0.756. The number of hydrogen-bond donors (Lipinski definition) is 3. The van der Waals surface area contributed by atoms with Crippen LogP contribution in [0.15, 0.2) is 28.8 Å². The highest BCUT2D eigenvalue weighted by Crippen LogP contribution is 2.31. The molecule has 0 atom stereocenters. The SMILES string of the molecule is Cc1noc(C2CCC(NC(=O)NCc3ccc(C(=O)O)cc3)CC2)n1. The summed E-state index contributed by atoms with van der Waals surface area (Å²) >= 11 is 0. The van der Waals surface area contributed by atoms with E-state index in [-0.39, 0.29) is 23.6 Å². The molecule has 138 valence electrons. The van der Waals surface area contributed by atoms with Crippen molar-refractivity contribution in [1.82, 2.24) is 20.8 Å². The first-order valence-electron chi connectivity index (χ1n) is 8.68. The van der Waals surface area contributed by atoms with Crippen molar-refractivity contribution < 1.29 is 19.2 Å². The van der Waals surface area contributed by atoms with E-state index in [0.29, 0.717) is 18.3 Å². The van der Waals surface area contributed by atoms with Crippen LogP contribution in [0.3, 0.4) is 0 Å². The highest BCUT2D eigenvalue weighted by molar-refractivity contribution is 5.87. The van der Waals surface area contributed by atoms with Gasteiger partial charge >= 0.3 is 12.0 Å². The van der Waals surface area contributed by atoms with Gasteiger partial charge in [0.25, 0.3) is 0 Å². The molecular weight excluding hydrogens is 336 g/mol. The molecule has 0 spiro atoms. The van der Waals surface area contributed by atoms with Gasteiger partial charge in [-0.3, -0.25) is 0 Å². The predicted molar refractivity (Wildman–Crippen MR) is 92.8 cm³/mol. The van der Waals surface area contributed by atoms with Gasteiger partial charge in [-0.05, 0) is 50.3 Å². The van der Waals surface area contributed by atoms with Crippen LogP contribution in [0.2, 0.25) is 0 Å². The number of aryl methyl sites for hydroxylation is 1. The molecule has 3 rings (SSSR count). The number of benzene rings is 1. The number of aromatic nitrogens is 2. The van der Waals surface area contributed by atoms with Crippen LogP contribution in [-0.2, 0) is 6.54 Å². The molecule has 8 heteroatoms. The number of carbonyl (C=O) groups is 2. The van der Waals surface area contributed by atoms with Crippen LogP contribution in [0.4, 0.5) is 4.79 Å². The molecule has 3 N–H and O–H groups in total. The van der Waals surface area contributed by atoms with Crippen LogP contribution in [0, 0.1) is 6.92 Å². The number of carboxylic acids is 1. The average molecular weight is 358 g/mol. The number of nitrogens with zero attached hydrogens (tertiary/aromatic N) is 2. The molecule has 0 saturated heterocycles. The van der Waals surface area contributed by atoms with Gasteiger partial charge in [0.1, 0.15) is 0 Å². The van der Waals surface area contributed by atoms with Gasteiger partial charge in [-0.2, -0.15) is 4.98 Å². The molecule has 1 aliphatic carbocycles. The van der Waals surface area contributed by atoms with Crippen molar-refractivity contribution in [2.45, 2.75) is 51.1 Å². The Hall–Kier alpha value is -2.90. The molecule has 1 fully saturated rings. The molecule has 0 unspecified atom stereocenters. The van der Waals surface area contributed by atoms with E-state index in [4.69, 9.17) is 9.63 Å². The van der Waals surface area contributed by atoms with E-state index in [1.165, 1.54) is 12.1 Å². The van der Waals surface area contributed by atoms with E-state index in [0.717, 1.165) is 31.2 Å². The minimum Gasteiger partial charge on any atom is -0.478 e. The van der Waals surface area contributed by atoms with Crippen molar-refractivity contribution in [3.05, 3.63) is 47.1 Å². The van der Waals surface area contributed by atoms with Gasteiger partial charge in [0.05, 0.1) is 5.56 Å². The minimum atomic E-state index is -0.964. The van der Waals surface area contributed by atoms with Gasteiger partial charge in [-0.25, -0.2) is 9.59 Å². The largest absolute Gasteiger partial charge is 0.478 e. The summed E-state index contributed by atoms with van der Waals surface area (Å²) in [6, 6.07) is 6.35. The Morgan fingerprint density at radius 1 is 1.19 bits per heavy atom. The first-order chi connectivity index (χ1) is 12.5. The zero-order chi connectivity index (χ0) is 18.5. The van der Waals surface area contributed by atoms with Crippen molar-refractivity contribution in [3.63, 3.8) is 0 Å². The van der Waals surface area contributed by atoms with E-state index in [9.17, 15) is 9.59 Å². The van der Waals surface area contributed by atoms with Crippen LogP contribution in [0.5, 0.6) is 0 Å². The van der Waals surface area contributed by atoms with Crippen LogP contribution < -0.4 is 10.6 Å². The van der Waals surface area contributed by atoms with E-state index >= 15 is 0 Å². The lowest BCUT2D eigenvalue weighted by Gasteiger charge is -2.27. The fraction of sp³-hybridized carbons (Fsp3) is 0.444. The van der Waals surface area contributed by atoms with Crippen molar-refractivity contribution in [2.24, 2.45) is 0 Å². The van der Waals surface area contributed by atoms with E-state index in [1.54, 1.807) is 19.1 Å². The normalized spacial score (nSPS) is 19.7. The molecular formula is C18H22N4O4. The molecule has 0 aliphatic heterocycles. The lowest BCUT2D eigenvalue weighted by molar-refractivity contribution is 0.0697. The number of nitrogens with one attached hydrogen (secondary N) is 2. The topological polar surface area (TPSA) is 117 Å². The number of aromatic carboxylic acids is 1. The Morgan fingerprint density at radius 3 is 2.46 bits per heavy atom. The summed E-state index contributed by atoms with van der Waals surface area (Å²) in [5.74, 6) is 0.643. The maximum Gasteiger partial charge on any atom is 0.335 e. The average Bonchev–Trinajstić information content (AvgIpc) is 3.07. The third-order valence-electron chi connectivity index (χ3n) is 4.61. The molecule has 0 bridgehead atoms. The number of rotatable bonds is 5. The molecule has 1 aliphatic rings. The zero-order valence-electron chi connectivity index (χ0n) is 14.6. The summed E-state index contributed by atoms with van der Waals surface area (Å²) in [6.07, 6.45) is 3.55. The molecule has 2 aromatic rings. The standard InChI is InChI=1S/C18H22N4O4/c1-11-20-16(26-22-11)13-6-8-15(9-7-13)21-18(25)19-10-12-2-4-14(5-3-12)17(23)24/h2-5,13,15H,6-10H2,1H3,(H,23,24)(H2,19,21,25). The molecule has 1 aromatic heterocycles. The minimum absolute atomic E-state index is 0.129. The number of amides is 2. The molecule has 26 heavy (non-hydrogen) atoms. The van der Waals surface area contributed by atoms with E-state index in [2.05, 4.69) is 20.8 Å². The Kier molecular flexibility index (Phi) is 5.50. The first kappa shape index (κ1) is 17.9. The van der Waals surface area contributed by atoms with Gasteiger partial charge in [-0.15, -0.1) is 0 Å². The summed E-state index contributed by atoms with van der Waals surface area (Å²) in [5, 5.41) is 18.5. The van der Waals surface area contributed by atoms with Crippen molar-refractivity contribution in [1.29, 1.82) is 0 Å². The van der Waals surface area contributed by atoms with Crippen LogP contribution in [0.25, 0.3) is 0 Å². The Morgan fingerprint density at radius 2 is 1.88 bits per heavy atom. The fourth-order valence-corrected chi connectivity index (χ4v) is 3.15. The monoisotopic (exact) mass is 358 g/mol. The Balaban J connectivity index is 1.41. The van der Waals surface area contributed by atoms with Crippen LogP contribution in [0.1, 0.15) is 59.2 Å². The maximum atomic E-state index is 12.1. The molecule has 8 nitrogen and oxygen atoms in total. The van der Waals surface area contributed by atoms with Gasteiger partial charge in [0.15, 0.2) is 5.82 Å². The second-order valence-electron chi connectivity index (χ2n) is 6.56. The highest BCUT2D eigenvalue weighted by atomic mass is 16.5. The van der Waals surface area contributed by atoms with Crippen molar-refractivity contribution >= 4 is 12.0 Å². The lowest BCUT2D eigenvalue weighted by atomic mass is 9.86. The maximum absolute atomic E-state index is 12.1. The van der Waals surface area contributed by atoms with Gasteiger partial charge in [0.2, 0.25) is 5.89 Å². The van der Waals surface area contributed by atoms with Crippen LogP contribution >= 0.6 is 0 Å². The summed E-state index contributed by atoms with van der Waals surface area (Å²) in [4.78, 5) is 27.2. The molecule has 1 aromatic carbocycles. The van der Waals surface area contributed by atoms with E-state index in [1.807, 2.05) is 0 Å². The molecule has 1 heterocycles. The molecule has 1 saturated carbocycles. The zero-order valence-corrected chi connectivity index (χ0v) is 14.6. The number of hydrogen-bond acceptors (Lipinski definition) is 5. The number of carbonyl (C=O) groups excluding carboxylic acids is 1. The third kappa shape index (κ3) is 4.59. The van der Waals surface area contributed by atoms with Crippen LogP contribution in [-0.4, -0.2) is 33.3 Å². The Bertz CT molecular complexity index is 764. The number of urea groups is 1. The summed E-state index contributed by atoms with van der Waals surface area (Å²) in [7, 11) is 0. The summed E-state index contributed by atoms with van der Waals surface area (Å²) in [6.45, 7) is 2.15. The van der Waals surface area contributed by atoms with Gasteiger partial charge in [-0.1, -0.05) is 17.3 Å². The second kappa shape index (κ2) is 7.99. The van der Waals surface area contributed by atoms with Gasteiger partial charge in [0, 0.05) is 18.5 Å². The van der Waals surface area contributed by atoms with Crippen molar-refractivity contribution in [3.8, 4) is 0 Å². The summed E-state index contributed by atoms with van der Waals surface area (Å²) in [5.41, 5.74) is 1.08. The van der Waals surface area contributed by atoms with Crippen molar-refractivity contribution in [2.75, 3.05) is 0 Å².